The third kappa shape index (κ3) is 3.24. The number of anilines is 1. The number of carbonyl (C=O) groups excluding carboxylic acids is 1. The van der Waals surface area contributed by atoms with E-state index in [2.05, 4.69) is 26.6 Å². The molecular formula is C11H12BrFN2O2. The van der Waals surface area contributed by atoms with Crippen molar-refractivity contribution in [3.63, 3.8) is 0 Å². The highest BCUT2D eigenvalue weighted by molar-refractivity contribution is 9.10. The van der Waals surface area contributed by atoms with Crippen LogP contribution in [0, 0.1) is 5.82 Å². The summed E-state index contributed by atoms with van der Waals surface area (Å²) < 4.78 is 19.0. The summed E-state index contributed by atoms with van der Waals surface area (Å²) in [6, 6.07) is 4.13. The molecule has 0 aliphatic carbocycles. The molecule has 1 amide bonds. The number of benzene rings is 1. The number of halogens is 2. The number of nitrogens with one attached hydrogen (secondary N) is 2. The van der Waals surface area contributed by atoms with Crippen molar-refractivity contribution >= 4 is 27.5 Å². The second-order valence-corrected chi connectivity index (χ2v) is 4.53. The molecule has 17 heavy (non-hydrogen) atoms. The number of morpholine rings is 1. The normalized spacial score (nSPS) is 20.0. The monoisotopic (exact) mass is 302 g/mol. The van der Waals surface area contributed by atoms with Gasteiger partial charge in [-0.2, -0.15) is 0 Å². The SMILES string of the molecule is O=C(Nc1cc(F)ccc1Br)C1CNCCO1. The maximum absolute atomic E-state index is 13.0. The molecule has 1 atom stereocenters. The molecule has 2 rings (SSSR count). The molecule has 1 aromatic rings. The molecule has 92 valence electrons. The van der Waals surface area contributed by atoms with E-state index in [4.69, 9.17) is 4.74 Å². The lowest BCUT2D eigenvalue weighted by Gasteiger charge is -2.22. The van der Waals surface area contributed by atoms with Crippen molar-refractivity contribution < 1.29 is 13.9 Å². The third-order valence-electron chi connectivity index (χ3n) is 2.41. The van der Waals surface area contributed by atoms with Crippen molar-refractivity contribution in [3.8, 4) is 0 Å². The molecule has 0 radical (unpaired) electrons. The first-order valence-corrected chi connectivity index (χ1v) is 6.04. The lowest BCUT2D eigenvalue weighted by Crippen LogP contribution is -2.45. The van der Waals surface area contributed by atoms with E-state index < -0.39 is 11.9 Å². The lowest BCUT2D eigenvalue weighted by molar-refractivity contribution is -0.128. The number of rotatable bonds is 2. The minimum atomic E-state index is -0.529. The van der Waals surface area contributed by atoms with Crippen molar-refractivity contribution in [2.75, 3.05) is 25.0 Å². The fourth-order valence-corrected chi connectivity index (χ4v) is 1.89. The van der Waals surface area contributed by atoms with E-state index in [0.29, 0.717) is 23.3 Å². The van der Waals surface area contributed by atoms with Gasteiger partial charge in [-0.15, -0.1) is 0 Å². The standard InChI is InChI=1S/C11H12BrFN2O2/c12-8-2-1-7(13)5-9(8)15-11(16)10-6-14-3-4-17-10/h1-2,5,10,14H,3-4,6H2,(H,15,16). The zero-order chi connectivity index (χ0) is 12.3. The molecule has 1 aromatic carbocycles. The van der Waals surface area contributed by atoms with Crippen molar-refractivity contribution in [1.82, 2.24) is 5.32 Å². The van der Waals surface area contributed by atoms with Crippen LogP contribution in [0.2, 0.25) is 0 Å². The van der Waals surface area contributed by atoms with Crippen LogP contribution < -0.4 is 10.6 Å². The average Bonchev–Trinajstić information content (AvgIpc) is 2.35. The molecule has 1 saturated heterocycles. The largest absolute Gasteiger partial charge is 0.366 e. The fourth-order valence-electron chi connectivity index (χ4n) is 1.54. The van der Waals surface area contributed by atoms with Crippen LogP contribution in [0.3, 0.4) is 0 Å². The number of hydrogen-bond donors (Lipinski definition) is 2. The van der Waals surface area contributed by atoms with Gasteiger partial charge in [0.05, 0.1) is 12.3 Å². The Balaban J connectivity index is 2.04. The predicted octanol–water partition coefficient (Wildman–Crippen LogP) is 1.52. The Morgan fingerprint density at radius 1 is 1.59 bits per heavy atom. The third-order valence-corrected chi connectivity index (χ3v) is 3.10. The molecule has 1 unspecified atom stereocenters. The Bertz CT molecular complexity index is 422. The van der Waals surface area contributed by atoms with Gasteiger partial charge in [0, 0.05) is 17.6 Å². The van der Waals surface area contributed by atoms with E-state index >= 15 is 0 Å². The Hall–Kier alpha value is -0.980. The van der Waals surface area contributed by atoms with Gasteiger partial charge in [0.2, 0.25) is 0 Å². The van der Waals surface area contributed by atoms with Gasteiger partial charge in [0.15, 0.2) is 0 Å². The van der Waals surface area contributed by atoms with Gasteiger partial charge in [-0.05, 0) is 34.1 Å². The van der Waals surface area contributed by atoms with E-state index in [1.807, 2.05) is 0 Å². The summed E-state index contributed by atoms with van der Waals surface area (Å²) in [4.78, 5) is 11.8. The van der Waals surface area contributed by atoms with E-state index in [1.165, 1.54) is 12.1 Å². The molecule has 0 spiro atoms. The molecule has 0 saturated carbocycles. The Labute approximate surface area is 107 Å². The van der Waals surface area contributed by atoms with Crippen LogP contribution in [-0.2, 0) is 9.53 Å². The van der Waals surface area contributed by atoms with Gasteiger partial charge in [0.1, 0.15) is 11.9 Å². The van der Waals surface area contributed by atoms with Crippen molar-refractivity contribution in [2.24, 2.45) is 0 Å². The van der Waals surface area contributed by atoms with Gasteiger partial charge in [-0.25, -0.2) is 4.39 Å². The van der Waals surface area contributed by atoms with E-state index in [0.717, 1.165) is 6.54 Å². The van der Waals surface area contributed by atoms with Crippen LogP contribution in [0.1, 0.15) is 0 Å². The zero-order valence-corrected chi connectivity index (χ0v) is 10.6. The first-order valence-electron chi connectivity index (χ1n) is 5.25. The smallest absolute Gasteiger partial charge is 0.254 e. The first kappa shape index (κ1) is 12.5. The first-order chi connectivity index (χ1) is 8.16. The highest BCUT2D eigenvalue weighted by Crippen LogP contribution is 2.23. The molecule has 1 aliphatic heterocycles. The summed E-state index contributed by atoms with van der Waals surface area (Å²) in [5.74, 6) is -0.672. The average molecular weight is 303 g/mol. The molecule has 1 aliphatic rings. The number of amides is 1. The fraction of sp³-hybridized carbons (Fsp3) is 0.364. The molecule has 0 bridgehead atoms. The maximum Gasteiger partial charge on any atom is 0.254 e. The van der Waals surface area contributed by atoms with Gasteiger partial charge in [-0.3, -0.25) is 4.79 Å². The summed E-state index contributed by atoms with van der Waals surface area (Å²) in [5.41, 5.74) is 0.407. The number of hydrogen-bond acceptors (Lipinski definition) is 3. The quantitative estimate of drug-likeness (QED) is 0.871. The summed E-state index contributed by atoms with van der Waals surface area (Å²) in [7, 11) is 0. The van der Waals surface area contributed by atoms with E-state index in [-0.39, 0.29) is 5.91 Å². The van der Waals surface area contributed by atoms with Crippen molar-refractivity contribution in [2.45, 2.75) is 6.10 Å². The molecular weight excluding hydrogens is 291 g/mol. The molecule has 2 N–H and O–H groups in total. The van der Waals surface area contributed by atoms with E-state index in [1.54, 1.807) is 6.07 Å². The number of ether oxygens (including phenoxy) is 1. The van der Waals surface area contributed by atoms with E-state index in [9.17, 15) is 9.18 Å². The van der Waals surface area contributed by atoms with Crippen LogP contribution in [0.4, 0.5) is 10.1 Å². The summed E-state index contributed by atoms with van der Waals surface area (Å²) in [5, 5.41) is 5.69. The topological polar surface area (TPSA) is 50.4 Å². The minimum Gasteiger partial charge on any atom is -0.366 e. The number of carbonyl (C=O) groups is 1. The van der Waals surface area contributed by atoms with Crippen LogP contribution in [0.25, 0.3) is 0 Å². The second kappa shape index (κ2) is 5.57. The summed E-state index contributed by atoms with van der Waals surface area (Å²) in [6.45, 7) is 1.72. The Morgan fingerprint density at radius 3 is 3.12 bits per heavy atom. The second-order valence-electron chi connectivity index (χ2n) is 3.68. The van der Waals surface area contributed by atoms with Gasteiger partial charge in [-0.1, -0.05) is 0 Å². The van der Waals surface area contributed by atoms with Crippen LogP contribution in [0.5, 0.6) is 0 Å². The van der Waals surface area contributed by atoms with Crippen LogP contribution in [0.15, 0.2) is 22.7 Å². The Kier molecular flexibility index (Phi) is 4.09. The van der Waals surface area contributed by atoms with Gasteiger partial charge < -0.3 is 15.4 Å². The van der Waals surface area contributed by atoms with Crippen molar-refractivity contribution in [3.05, 3.63) is 28.5 Å². The highest BCUT2D eigenvalue weighted by Gasteiger charge is 2.22. The van der Waals surface area contributed by atoms with Crippen LogP contribution >= 0.6 is 15.9 Å². The molecule has 4 nitrogen and oxygen atoms in total. The molecule has 6 heteroatoms. The van der Waals surface area contributed by atoms with Gasteiger partial charge in [0.25, 0.3) is 5.91 Å². The molecule has 1 heterocycles. The zero-order valence-electron chi connectivity index (χ0n) is 9.00. The maximum atomic E-state index is 13.0. The lowest BCUT2D eigenvalue weighted by atomic mass is 10.2. The molecule has 0 aromatic heterocycles. The molecule has 1 fully saturated rings. The highest BCUT2D eigenvalue weighted by atomic mass is 79.9. The summed E-state index contributed by atoms with van der Waals surface area (Å²) in [6.07, 6.45) is -0.529. The van der Waals surface area contributed by atoms with Gasteiger partial charge >= 0.3 is 0 Å². The minimum absolute atomic E-state index is 0.275. The summed E-state index contributed by atoms with van der Waals surface area (Å²) >= 11 is 3.25. The van der Waals surface area contributed by atoms with Crippen LogP contribution in [-0.4, -0.2) is 31.7 Å². The Morgan fingerprint density at radius 2 is 2.41 bits per heavy atom. The predicted molar refractivity (Wildman–Crippen MR) is 65.3 cm³/mol. The van der Waals surface area contributed by atoms with Crippen molar-refractivity contribution in [1.29, 1.82) is 0 Å².